The van der Waals surface area contributed by atoms with Crippen LogP contribution in [0.15, 0.2) is 109 Å². The molecule has 104 heavy (non-hydrogen) atoms. The minimum Gasteiger partial charge on any atom is -0.481 e. The first-order valence-electron chi connectivity index (χ1n) is 34.3. The van der Waals surface area contributed by atoms with Crippen molar-refractivity contribution >= 4 is 0 Å². The molecule has 518 valence electrons. The van der Waals surface area contributed by atoms with Crippen LogP contribution in [0, 0.1) is 159 Å². The molecule has 6 aromatic rings. The zero-order chi connectivity index (χ0) is 73.1. The lowest BCUT2D eigenvalue weighted by molar-refractivity contribution is -0.237. The Hall–Kier alpha value is -12.4. The van der Waals surface area contributed by atoms with Crippen molar-refractivity contribution in [1.82, 2.24) is 0 Å². The van der Waals surface area contributed by atoms with Crippen molar-refractivity contribution < 1.29 is 56.8 Å². The Bertz CT molecular complexity index is 4050. The molecule has 0 aromatic heterocycles. The van der Waals surface area contributed by atoms with Crippen LogP contribution < -0.4 is 56.8 Å². The minimum absolute atomic E-state index is 0.00753. The van der Waals surface area contributed by atoms with Crippen LogP contribution in [0.4, 0.5) is 0 Å². The van der Waals surface area contributed by atoms with Crippen molar-refractivity contribution in [3.8, 4) is 217 Å². The lowest BCUT2D eigenvalue weighted by Gasteiger charge is -2.81. The molecule has 0 heterocycles. The van der Waals surface area contributed by atoms with E-state index in [1.165, 1.54) is 0 Å². The quantitative estimate of drug-likeness (QED) is 0.0387. The Morgan fingerprint density at radius 2 is 0.327 bits per heavy atom. The molecule has 8 aliphatic carbocycles. The summed E-state index contributed by atoms with van der Waals surface area (Å²) in [4.78, 5) is 0. The van der Waals surface area contributed by atoms with E-state index in [2.05, 4.69) is 107 Å². The van der Waals surface area contributed by atoms with Gasteiger partial charge in [0.1, 0.15) is 148 Å². The lowest BCUT2D eigenvalue weighted by Crippen LogP contribution is -2.75. The van der Waals surface area contributed by atoms with Gasteiger partial charge in [-0.1, -0.05) is 107 Å². The second-order valence-electron chi connectivity index (χ2n) is 28.2. The molecule has 0 saturated heterocycles. The summed E-state index contributed by atoms with van der Waals surface area (Å²) in [6.07, 6.45) is 79.5. The molecule has 0 unspecified atom stereocenters. The first kappa shape index (κ1) is 71.5. The highest BCUT2D eigenvalue weighted by molar-refractivity contribution is 5.62. The van der Waals surface area contributed by atoms with E-state index in [1.807, 2.05) is 72.8 Å². The van der Waals surface area contributed by atoms with E-state index in [-0.39, 0.29) is 79.3 Å². The third-order valence-corrected chi connectivity index (χ3v) is 22.2. The fourth-order valence-corrected chi connectivity index (χ4v) is 20.5. The minimum atomic E-state index is -0.824. The van der Waals surface area contributed by atoms with Gasteiger partial charge in [-0.05, 0) is 124 Å². The fourth-order valence-electron chi connectivity index (χ4n) is 20.5. The molecular formula is C92H78O12. The van der Waals surface area contributed by atoms with Crippen LogP contribution in [0.3, 0.4) is 0 Å². The van der Waals surface area contributed by atoms with E-state index in [1.54, 1.807) is 0 Å². The van der Waals surface area contributed by atoms with Crippen LogP contribution in [0.1, 0.15) is 110 Å². The first-order chi connectivity index (χ1) is 50.6. The number of rotatable bonds is 31. The van der Waals surface area contributed by atoms with Crippen LogP contribution in [-0.4, -0.2) is 79.3 Å². The Balaban J connectivity index is 1.26. The van der Waals surface area contributed by atoms with Crippen LogP contribution in [0.2, 0.25) is 0 Å². The summed E-state index contributed by atoms with van der Waals surface area (Å²) in [6, 6.07) is 36.1. The maximum atomic E-state index is 6.90. The molecule has 8 aliphatic rings. The summed E-state index contributed by atoms with van der Waals surface area (Å²) >= 11 is 0. The van der Waals surface area contributed by atoms with Gasteiger partial charge in [0.25, 0.3) is 0 Å². The van der Waals surface area contributed by atoms with Crippen LogP contribution >= 0.6 is 0 Å². The van der Waals surface area contributed by atoms with Crippen molar-refractivity contribution in [1.29, 1.82) is 0 Å². The van der Waals surface area contributed by atoms with Gasteiger partial charge in [-0.25, -0.2) is 0 Å². The average Bonchev–Trinajstić information content (AvgIpc) is 0.637. The molecule has 0 amide bonds. The van der Waals surface area contributed by atoms with Crippen LogP contribution in [0.5, 0.6) is 69.0 Å². The zero-order valence-electron chi connectivity index (χ0n) is 58.2. The Morgan fingerprint density at radius 1 is 0.192 bits per heavy atom. The van der Waals surface area contributed by atoms with Crippen molar-refractivity contribution in [2.75, 3.05) is 79.3 Å². The number of terminal acetylenes is 12. The highest BCUT2D eigenvalue weighted by Crippen LogP contribution is 2.87. The van der Waals surface area contributed by atoms with Crippen molar-refractivity contribution in [2.45, 2.75) is 110 Å². The van der Waals surface area contributed by atoms with Gasteiger partial charge < -0.3 is 56.8 Å². The number of hydrogen-bond donors (Lipinski definition) is 0. The molecule has 0 atom stereocenters. The van der Waals surface area contributed by atoms with Gasteiger partial charge in [-0.3, -0.25) is 0 Å². The summed E-state index contributed by atoms with van der Waals surface area (Å²) in [7, 11) is 0. The van der Waals surface area contributed by atoms with Gasteiger partial charge in [0, 0.05) is 102 Å². The third kappa shape index (κ3) is 13.2. The standard InChI is InChI=1S/C92H78O12/c1-13-37-93-67-25-31-73(79(49-67)99-43-19-7)85-55-86(74-32-26-68(94-38-14-2)50-80(74)100-44-20-8)57-87(56-85,75-33-27-69(95-39-15-3)51-81(75)101-45-21-9)63-91(61-85,62-86)92-64-88(76-34-28-70(96-40-16-4)52-82(76)102-46-22-10)58-89(65-92,77-35-29-71(97-41-17-5)53-83(77)103-47-23-11)60-90(59-88,66-92)78-36-30-72(98-42-18-6)54-84(78)104-48-24-12/h1-12,25-36,49-54H,37-48,55-66H2. The molecule has 8 saturated carbocycles. The predicted octanol–water partition coefficient (Wildman–Crippen LogP) is 13.5. The monoisotopic (exact) mass is 1370 g/mol. The van der Waals surface area contributed by atoms with Crippen molar-refractivity contribution in [3.05, 3.63) is 143 Å². The maximum absolute atomic E-state index is 6.90. The first-order valence-corrected chi connectivity index (χ1v) is 34.3. The van der Waals surface area contributed by atoms with Crippen molar-refractivity contribution in [3.63, 3.8) is 0 Å². The summed E-state index contributed by atoms with van der Waals surface area (Å²) in [5, 5.41) is 0. The van der Waals surface area contributed by atoms with E-state index >= 15 is 0 Å². The molecule has 8 fully saturated rings. The van der Waals surface area contributed by atoms with Gasteiger partial charge in [0.15, 0.2) is 0 Å². The SMILES string of the molecule is C#CCOc1ccc(C23CC4(c5ccc(OCC#C)cc5OCC#C)CC(c5ccc(OCC#C)cc5OCC#C)(C2)CC(C25CC6(c7ccc(OCC#C)cc7OCC#C)CC(c7ccc(OCC#C)cc7OCC#C)(CC(c7ccc(OCC#C)cc7OCC#C)(C6)C2)C5)(C3)C4)c(OCC#C)c1. The smallest absolute Gasteiger partial charge is 0.148 e. The lowest BCUT2D eigenvalue weighted by atomic mass is 9.23. The molecule has 0 aliphatic heterocycles. The molecule has 0 spiro atoms. The van der Waals surface area contributed by atoms with E-state index in [4.69, 9.17) is 134 Å². The summed E-state index contributed by atoms with van der Waals surface area (Å²) in [5.74, 6) is 38.7. The molecule has 12 nitrogen and oxygen atoms in total. The molecule has 6 aromatic carbocycles. The maximum Gasteiger partial charge on any atom is 0.148 e. The molecule has 8 bridgehead atoms. The Labute approximate surface area is 612 Å². The number of benzene rings is 6. The van der Waals surface area contributed by atoms with Crippen LogP contribution in [0.25, 0.3) is 0 Å². The van der Waals surface area contributed by atoms with Crippen LogP contribution in [-0.2, 0) is 32.5 Å². The largest absolute Gasteiger partial charge is 0.481 e. The third-order valence-electron chi connectivity index (χ3n) is 22.2. The van der Waals surface area contributed by atoms with E-state index in [9.17, 15) is 0 Å². The van der Waals surface area contributed by atoms with E-state index < -0.39 is 43.3 Å². The summed E-state index contributed by atoms with van der Waals surface area (Å²) in [6.45, 7) is -0.306. The molecule has 0 radical (unpaired) electrons. The number of ether oxygens (including phenoxy) is 12. The highest BCUT2D eigenvalue weighted by Gasteiger charge is 2.80. The Kier molecular flexibility index (Phi) is 20.7. The second kappa shape index (κ2) is 30.1. The number of hydrogen-bond acceptors (Lipinski definition) is 12. The topological polar surface area (TPSA) is 111 Å². The second-order valence-corrected chi connectivity index (χ2v) is 28.2. The Morgan fingerprint density at radius 3 is 0.462 bits per heavy atom. The van der Waals surface area contributed by atoms with Gasteiger partial charge in [-0.2, -0.15) is 0 Å². The van der Waals surface area contributed by atoms with Gasteiger partial charge in [-0.15, -0.1) is 77.1 Å². The van der Waals surface area contributed by atoms with Gasteiger partial charge in [0.2, 0.25) is 0 Å². The fraction of sp³-hybridized carbons (Fsp3) is 0.348. The van der Waals surface area contributed by atoms with Gasteiger partial charge in [0.05, 0.1) is 0 Å². The zero-order valence-corrected chi connectivity index (χ0v) is 58.2. The van der Waals surface area contributed by atoms with Gasteiger partial charge >= 0.3 is 0 Å². The highest BCUT2D eigenvalue weighted by atomic mass is 16.5. The average molecular weight is 1380 g/mol. The molecule has 14 rings (SSSR count). The molecule has 12 heteroatoms. The van der Waals surface area contributed by atoms with Crippen molar-refractivity contribution in [2.24, 2.45) is 10.8 Å². The van der Waals surface area contributed by atoms with E-state index in [0.717, 1.165) is 33.4 Å². The summed E-state index contributed by atoms with van der Waals surface area (Å²) < 4.78 is 78.9. The molecular weight excluding hydrogens is 1300 g/mol. The summed E-state index contributed by atoms with van der Waals surface area (Å²) in [5.41, 5.74) is -0.922. The van der Waals surface area contributed by atoms with E-state index in [0.29, 0.717) is 146 Å². The normalized spacial score (nSPS) is 24.9. The predicted molar refractivity (Wildman–Crippen MR) is 401 cm³/mol. The molecule has 0 N–H and O–H groups in total.